The third-order valence-corrected chi connectivity index (χ3v) is 4.55. The lowest BCUT2D eigenvalue weighted by atomic mass is 10.1. The lowest BCUT2D eigenvalue weighted by Crippen LogP contribution is -2.33. The first-order chi connectivity index (χ1) is 10.6. The summed E-state index contributed by atoms with van der Waals surface area (Å²) in [6.45, 7) is 6.49. The molecule has 0 radical (unpaired) electrons. The molecule has 114 valence electrons. The normalized spacial score (nSPS) is 12.6. The molecule has 1 N–H and O–H groups in total. The molecule has 0 saturated heterocycles. The Hall–Kier alpha value is -1.98. The number of amides is 1. The molecule has 0 bridgehead atoms. The van der Waals surface area contributed by atoms with Gasteiger partial charge in [0.25, 0.3) is 0 Å². The molecule has 1 aliphatic rings. The summed E-state index contributed by atoms with van der Waals surface area (Å²) < 4.78 is 0. The maximum atomic E-state index is 12.5. The van der Waals surface area contributed by atoms with Crippen LogP contribution in [0.3, 0.4) is 0 Å². The number of hydroxylamine groups is 1. The molecular formula is C17H18N2O2S. The summed E-state index contributed by atoms with van der Waals surface area (Å²) in [6.07, 6.45) is -0.416. The number of hydrogen-bond donors (Lipinski definition) is 1. The van der Waals surface area contributed by atoms with Crippen LogP contribution in [0, 0.1) is 13.8 Å². The minimum Gasteiger partial charge on any atom is -0.353 e. The highest BCUT2D eigenvalue weighted by Gasteiger charge is 2.29. The van der Waals surface area contributed by atoms with Crippen molar-refractivity contribution < 1.29 is 9.63 Å². The van der Waals surface area contributed by atoms with Crippen LogP contribution in [0.2, 0.25) is 0 Å². The molecule has 5 heteroatoms. The highest BCUT2D eigenvalue weighted by molar-refractivity contribution is 7.99. The van der Waals surface area contributed by atoms with Gasteiger partial charge in [0.1, 0.15) is 0 Å². The van der Waals surface area contributed by atoms with Crippen molar-refractivity contribution in [3.63, 3.8) is 0 Å². The summed E-state index contributed by atoms with van der Waals surface area (Å²) in [5.74, 6) is 0. The van der Waals surface area contributed by atoms with Crippen LogP contribution in [0.25, 0.3) is 0 Å². The van der Waals surface area contributed by atoms with Crippen LogP contribution >= 0.6 is 11.8 Å². The van der Waals surface area contributed by atoms with E-state index >= 15 is 0 Å². The first kappa shape index (κ1) is 14.9. The average molecular weight is 314 g/mol. The van der Waals surface area contributed by atoms with Crippen LogP contribution in [-0.4, -0.2) is 12.6 Å². The number of benzene rings is 2. The molecule has 1 amide bonds. The number of nitrogens with one attached hydrogen (secondary N) is 1. The first-order valence-electron chi connectivity index (χ1n) is 7.23. The van der Waals surface area contributed by atoms with Crippen molar-refractivity contribution in [3.8, 4) is 0 Å². The molecule has 0 spiro atoms. The SMILES string of the molecule is CCNOC(=O)N1c2cc(C)ccc2Sc2ccc(C)cc21. The van der Waals surface area contributed by atoms with Gasteiger partial charge in [-0.25, -0.2) is 9.69 Å². The van der Waals surface area contributed by atoms with Gasteiger partial charge in [-0.1, -0.05) is 23.9 Å². The molecule has 3 rings (SSSR count). The summed E-state index contributed by atoms with van der Waals surface area (Å²) in [7, 11) is 0. The molecule has 0 fully saturated rings. The molecule has 0 saturated carbocycles. The van der Waals surface area contributed by atoms with Gasteiger partial charge < -0.3 is 4.84 Å². The van der Waals surface area contributed by atoms with Gasteiger partial charge in [0.15, 0.2) is 0 Å². The van der Waals surface area contributed by atoms with Gasteiger partial charge in [0.2, 0.25) is 0 Å². The zero-order valence-corrected chi connectivity index (χ0v) is 13.7. The van der Waals surface area contributed by atoms with Crippen molar-refractivity contribution in [1.29, 1.82) is 0 Å². The van der Waals surface area contributed by atoms with Crippen LogP contribution in [-0.2, 0) is 4.84 Å². The predicted octanol–water partition coefficient (Wildman–Crippen LogP) is 4.57. The lowest BCUT2D eigenvalue weighted by Gasteiger charge is -2.30. The van der Waals surface area contributed by atoms with E-state index in [0.29, 0.717) is 6.54 Å². The van der Waals surface area contributed by atoms with Crippen LogP contribution in [0.1, 0.15) is 18.1 Å². The first-order valence-corrected chi connectivity index (χ1v) is 8.04. The number of carbonyl (C=O) groups is 1. The maximum Gasteiger partial charge on any atom is 0.437 e. The minimum atomic E-state index is -0.416. The van der Waals surface area contributed by atoms with E-state index < -0.39 is 6.09 Å². The van der Waals surface area contributed by atoms with Crippen molar-refractivity contribution >= 4 is 29.2 Å². The molecule has 0 aliphatic carbocycles. The van der Waals surface area contributed by atoms with Gasteiger partial charge in [0.05, 0.1) is 11.4 Å². The molecule has 0 atom stereocenters. The van der Waals surface area contributed by atoms with E-state index in [2.05, 4.69) is 17.6 Å². The fourth-order valence-electron chi connectivity index (χ4n) is 2.40. The molecule has 1 aliphatic heterocycles. The summed E-state index contributed by atoms with van der Waals surface area (Å²) >= 11 is 1.68. The van der Waals surface area contributed by atoms with Crippen LogP contribution in [0.5, 0.6) is 0 Å². The molecular weight excluding hydrogens is 296 g/mol. The number of aryl methyl sites for hydroxylation is 2. The quantitative estimate of drug-likeness (QED) is 0.825. The van der Waals surface area contributed by atoms with Crippen LogP contribution < -0.4 is 10.4 Å². The van der Waals surface area contributed by atoms with Crippen molar-refractivity contribution in [2.75, 3.05) is 11.4 Å². The van der Waals surface area contributed by atoms with E-state index in [1.807, 2.05) is 45.0 Å². The highest BCUT2D eigenvalue weighted by atomic mass is 32.2. The number of carbonyl (C=O) groups excluding carboxylic acids is 1. The largest absolute Gasteiger partial charge is 0.437 e. The van der Waals surface area contributed by atoms with E-state index in [0.717, 1.165) is 32.3 Å². The van der Waals surface area contributed by atoms with E-state index in [9.17, 15) is 4.79 Å². The average Bonchev–Trinajstić information content (AvgIpc) is 2.50. The van der Waals surface area contributed by atoms with Gasteiger partial charge in [-0.05, 0) is 56.2 Å². The monoisotopic (exact) mass is 314 g/mol. The fraction of sp³-hybridized carbons (Fsp3) is 0.235. The fourth-order valence-corrected chi connectivity index (χ4v) is 3.42. The Morgan fingerprint density at radius 1 is 1.09 bits per heavy atom. The summed E-state index contributed by atoms with van der Waals surface area (Å²) in [5, 5.41) is 0. The third-order valence-electron chi connectivity index (χ3n) is 3.42. The summed E-state index contributed by atoms with van der Waals surface area (Å²) in [6, 6.07) is 12.2. The molecule has 4 nitrogen and oxygen atoms in total. The van der Waals surface area contributed by atoms with Gasteiger partial charge >= 0.3 is 6.09 Å². The Morgan fingerprint density at radius 2 is 1.64 bits per heavy atom. The molecule has 0 aromatic heterocycles. The topological polar surface area (TPSA) is 41.6 Å². The predicted molar refractivity (Wildman–Crippen MR) is 88.8 cm³/mol. The standard InChI is InChI=1S/C17H18N2O2S/c1-4-18-21-17(20)19-13-9-11(2)5-7-15(13)22-16-8-6-12(3)10-14(16)19/h5-10,18H,4H2,1-3H3. The molecule has 0 unspecified atom stereocenters. The van der Waals surface area contributed by atoms with Crippen LogP contribution in [0.4, 0.5) is 16.2 Å². The number of anilines is 2. The Morgan fingerprint density at radius 3 is 2.14 bits per heavy atom. The van der Waals surface area contributed by atoms with E-state index in [1.54, 1.807) is 16.7 Å². The Bertz CT molecular complexity index is 679. The molecule has 2 aromatic carbocycles. The molecule has 2 aromatic rings. The van der Waals surface area contributed by atoms with Gasteiger partial charge in [0, 0.05) is 16.3 Å². The van der Waals surface area contributed by atoms with Crippen molar-refractivity contribution in [1.82, 2.24) is 5.48 Å². The number of rotatable bonds is 2. The van der Waals surface area contributed by atoms with Gasteiger partial charge in [-0.15, -0.1) is 0 Å². The minimum absolute atomic E-state index is 0.416. The molecule has 22 heavy (non-hydrogen) atoms. The van der Waals surface area contributed by atoms with Crippen molar-refractivity contribution in [2.45, 2.75) is 30.6 Å². The smallest absolute Gasteiger partial charge is 0.353 e. The molecule has 1 heterocycles. The number of nitrogens with zero attached hydrogens (tertiary/aromatic N) is 1. The zero-order valence-electron chi connectivity index (χ0n) is 12.8. The summed E-state index contributed by atoms with van der Waals surface area (Å²) in [4.78, 5) is 21.4. The summed E-state index contributed by atoms with van der Waals surface area (Å²) in [5.41, 5.74) is 6.59. The van der Waals surface area contributed by atoms with Crippen LogP contribution in [0.15, 0.2) is 46.2 Å². The van der Waals surface area contributed by atoms with Gasteiger partial charge in [-0.2, -0.15) is 5.48 Å². The Balaban J connectivity index is 2.11. The Kier molecular flexibility index (Phi) is 4.09. The second-order valence-corrected chi connectivity index (χ2v) is 6.33. The van der Waals surface area contributed by atoms with E-state index in [1.165, 1.54) is 0 Å². The van der Waals surface area contributed by atoms with Gasteiger partial charge in [-0.3, -0.25) is 0 Å². The Labute approximate surface area is 134 Å². The maximum absolute atomic E-state index is 12.5. The second-order valence-electron chi connectivity index (χ2n) is 5.25. The third kappa shape index (κ3) is 2.69. The zero-order chi connectivity index (χ0) is 15.7. The van der Waals surface area contributed by atoms with Crippen molar-refractivity contribution in [2.24, 2.45) is 0 Å². The number of hydrogen-bond acceptors (Lipinski definition) is 4. The van der Waals surface area contributed by atoms with Crippen molar-refractivity contribution in [3.05, 3.63) is 47.5 Å². The lowest BCUT2D eigenvalue weighted by molar-refractivity contribution is 0.101. The van der Waals surface area contributed by atoms with E-state index in [-0.39, 0.29) is 0 Å². The number of fused-ring (bicyclic) bond motifs is 2. The second kappa shape index (κ2) is 6.02. The van der Waals surface area contributed by atoms with E-state index in [4.69, 9.17) is 4.84 Å². The highest BCUT2D eigenvalue weighted by Crippen LogP contribution is 2.48.